The number of nitrogens with one attached hydrogen (secondary N) is 1. The molecule has 0 radical (unpaired) electrons. The van der Waals surface area contributed by atoms with Crippen LogP contribution in [0.25, 0.3) is 0 Å². The Morgan fingerprint density at radius 3 is 2.53 bits per heavy atom. The fourth-order valence-electron chi connectivity index (χ4n) is 3.77. The van der Waals surface area contributed by atoms with Gasteiger partial charge >= 0.3 is 0 Å². The summed E-state index contributed by atoms with van der Waals surface area (Å²) in [6.07, 6.45) is 1.51. The van der Waals surface area contributed by atoms with Crippen molar-refractivity contribution in [3.63, 3.8) is 0 Å². The van der Waals surface area contributed by atoms with Crippen LogP contribution >= 0.6 is 0 Å². The predicted molar refractivity (Wildman–Crippen MR) is 120 cm³/mol. The summed E-state index contributed by atoms with van der Waals surface area (Å²) in [5.41, 5.74) is 2.39. The number of amides is 2. The molecule has 7 heteroatoms. The Hall–Kier alpha value is -3.09. The van der Waals surface area contributed by atoms with Gasteiger partial charge in [-0.2, -0.15) is 0 Å². The highest BCUT2D eigenvalue weighted by Gasteiger charge is 2.27. The zero-order chi connectivity index (χ0) is 23.1. The number of likely N-dealkylation sites (tertiary alicyclic amines) is 1. The van der Waals surface area contributed by atoms with Crippen molar-refractivity contribution in [2.75, 3.05) is 26.8 Å². The molecule has 2 aromatic carbocycles. The highest BCUT2D eigenvalue weighted by Crippen LogP contribution is 2.28. The number of rotatable bonds is 8. The van der Waals surface area contributed by atoms with Gasteiger partial charge in [0.1, 0.15) is 5.82 Å². The topological polar surface area (TPSA) is 67.9 Å². The standard InChI is InChI=1S/C25H31FN2O4/c1-17-4-7-22(23(14-17)31-3)32-13-10-24(29)28-11-8-20(9-12-28)25(30)27-16-19-6-5-18(2)21(26)15-19/h4-7,14-15,20H,8-13,16H2,1-3H3,(H,27,30). The summed E-state index contributed by atoms with van der Waals surface area (Å²) in [6.45, 7) is 5.34. The van der Waals surface area contributed by atoms with Gasteiger partial charge in [0.15, 0.2) is 11.5 Å². The highest BCUT2D eigenvalue weighted by molar-refractivity contribution is 5.80. The van der Waals surface area contributed by atoms with Gasteiger partial charge in [0, 0.05) is 25.6 Å². The summed E-state index contributed by atoms with van der Waals surface area (Å²) >= 11 is 0. The van der Waals surface area contributed by atoms with Crippen LogP contribution in [0.3, 0.4) is 0 Å². The van der Waals surface area contributed by atoms with E-state index in [1.54, 1.807) is 25.0 Å². The van der Waals surface area contributed by atoms with Gasteiger partial charge in [-0.25, -0.2) is 4.39 Å². The van der Waals surface area contributed by atoms with Crippen LogP contribution in [0.4, 0.5) is 4.39 Å². The Morgan fingerprint density at radius 2 is 1.84 bits per heavy atom. The minimum atomic E-state index is -0.270. The molecule has 0 spiro atoms. The van der Waals surface area contributed by atoms with E-state index in [4.69, 9.17) is 9.47 Å². The molecule has 0 saturated carbocycles. The van der Waals surface area contributed by atoms with E-state index in [1.807, 2.05) is 31.2 Å². The number of hydrogen-bond acceptors (Lipinski definition) is 4. The van der Waals surface area contributed by atoms with Crippen LogP contribution in [0.2, 0.25) is 0 Å². The number of aryl methyl sites for hydroxylation is 2. The third kappa shape index (κ3) is 6.22. The molecule has 0 aromatic heterocycles. The number of halogens is 1. The monoisotopic (exact) mass is 442 g/mol. The summed E-state index contributed by atoms with van der Waals surface area (Å²) < 4.78 is 24.7. The van der Waals surface area contributed by atoms with Crippen molar-refractivity contribution in [2.24, 2.45) is 5.92 Å². The first kappa shape index (κ1) is 23.6. The van der Waals surface area contributed by atoms with Crippen LogP contribution in [0, 0.1) is 25.6 Å². The molecule has 172 valence electrons. The molecule has 0 bridgehead atoms. The molecule has 1 aliphatic rings. The van der Waals surface area contributed by atoms with E-state index < -0.39 is 0 Å². The van der Waals surface area contributed by atoms with E-state index in [9.17, 15) is 14.0 Å². The normalized spacial score (nSPS) is 14.2. The van der Waals surface area contributed by atoms with Crippen molar-refractivity contribution in [3.8, 4) is 11.5 Å². The predicted octanol–water partition coefficient (Wildman–Crippen LogP) is 3.78. The fraction of sp³-hybridized carbons (Fsp3) is 0.440. The number of carbonyl (C=O) groups excluding carboxylic acids is 2. The zero-order valence-corrected chi connectivity index (χ0v) is 18.9. The number of piperidine rings is 1. The summed E-state index contributed by atoms with van der Waals surface area (Å²) in [4.78, 5) is 26.8. The van der Waals surface area contributed by atoms with Gasteiger partial charge in [-0.15, -0.1) is 0 Å². The fourth-order valence-corrected chi connectivity index (χ4v) is 3.77. The molecule has 2 amide bonds. The molecule has 2 aromatic rings. The lowest BCUT2D eigenvalue weighted by molar-refractivity contribution is -0.136. The number of methoxy groups -OCH3 is 1. The molecule has 1 fully saturated rings. The lowest BCUT2D eigenvalue weighted by Gasteiger charge is -2.31. The van der Waals surface area contributed by atoms with E-state index in [-0.39, 0.29) is 36.6 Å². The van der Waals surface area contributed by atoms with Gasteiger partial charge in [-0.3, -0.25) is 9.59 Å². The first-order valence-electron chi connectivity index (χ1n) is 11.0. The van der Waals surface area contributed by atoms with Gasteiger partial charge in [0.2, 0.25) is 11.8 Å². The third-order valence-electron chi connectivity index (χ3n) is 5.81. The summed E-state index contributed by atoms with van der Waals surface area (Å²) in [5.74, 6) is 0.834. The SMILES string of the molecule is COc1cc(C)ccc1OCCC(=O)N1CCC(C(=O)NCc2ccc(C)c(F)c2)CC1. The number of nitrogens with zero attached hydrogens (tertiary/aromatic N) is 1. The second-order valence-electron chi connectivity index (χ2n) is 8.21. The number of carbonyl (C=O) groups is 2. The Balaban J connectivity index is 1.39. The van der Waals surface area contributed by atoms with Crippen molar-refractivity contribution in [2.45, 2.75) is 39.7 Å². The molecule has 1 aliphatic heterocycles. The Kier molecular flexibility index (Phi) is 8.09. The molecule has 1 N–H and O–H groups in total. The first-order valence-corrected chi connectivity index (χ1v) is 11.0. The molecule has 1 saturated heterocycles. The maximum atomic E-state index is 13.7. The lowest BCUT2D eigenvalue weighted by Crippen LogP contribution is -2.43. The molecular weight excluding hydrogens is 411 g/mol. The van der Waals surface area contributed by atoms with Gasteiger partial charge in [0.05, 0.1) is 20.1 Å². The van der Waals surface area contributed by atoms with Gasteiger partial charge in [0.25, 0.3) is 0 Å². The van der Waals surface area contributed by atoms with Crippen molar-refractivity contribution in [1.29, 1.82) is 0 Å². The van der Waals surface area contributed by atoms with Crippen molar-refractivity contribution >= 4 is 11.8 Å². The van der Waals surface area contributed by atoms with Gasteiger partial charge in [-0.1, -0.05) is 18.2 Å². The molecule has 3 rings (SSSR count). The summed E-state index contributed by atoms with van der Waals surface area (Å²) in [7, 11) is 1.59. The van der Waals surface area contributed by atoms with Crippen molar-refractivity contribution in [1.82, 2.24) is 10.2 Å². The first-order chi connectivity index (χ1) is 15.4. The largest absolute Gasteiger partial charge is 0.493 e. The van der Waals surface area contributed by atoms with Crippen LogP contribution in [-0.2, 0) is 16.1 Å². The average Bonchev–Trinajstić information content (AvgIpc) is 2.80. The Morgan fingerprint density at radius 1 is 1.09 bits per heavy atom. The maximum Gasteiger partial charge on any atom is 0.225 e. The number of benzene rings is 2. The Bertz CT molecular complexity index is 955. The number of hydrogen-bond donors (Lipinski definition) is 1. The highest BCUT2D eigenvalue weighted by atomic mass is 19.1. The average molecular weight is 443 g/mol. The van der Waals surface area contributed by atoms with E-state index >= 15 is 0 Å². The van der Waals surface area contributed by atoms with Crippen molar-refractivity contribution < 1.29 is 23.5 Å². The molecule has 0 atom stereocenters. The quantitative estimate of drug-likeness (QED) is 0.676. The molecule has 0 unspecified atom stereocenters. The van der Waals surface area contributed by atoms with E-state index in [1.165, 1.54) is 6.07 Å². The van der Waals surface area contributed by atoms with E-state index in [0.717, 1.165) is 11.1 Å². The van der Waals surface area contributed by atoms with Gasteiger partial charge in [-0.05, 0) is 61.6 Å². The minimum absolute atomic E-state index is 0.0186. The van der Waals surface area contributed by atoms with E-state index in [2.05, 4.69) is 5.32 Å². The zero-order valence-electron chi connectivity index (χ0n) is 18.9. The molecular formula is C25H31FN2O4. The second-order valence-corrected chi connectivity index (χ2v) is 8.21. The smallest absolute Gasteiger partial charge is 0.225 e. The summed E-state index contributed by atoms with van der Waals surface area (Å²) in [6, 6.07) is 10.6. The second kappa shape index (κ2) is 11.0. The molecule has 1 heterocycles. The summed E-state index contributed by atoms with van der Waals surface area (Å²) in [5, 5.41) is 2.89. The maximum absolute atomic E-state index is 13.7. The molecule has 6 nitrogen and oxygen atoms in total. The lowest BCUT2D eigenvalue weighted by atomic mass is 9.95. The number of ether oxygens (including phenoxy) is 2. The van der Waals surface area contributed by atoms with Crippen LogP contribution < -0.4 is 14.8 Å². The molecule has 0 aliphatic carbocycles. The van der Waals surface area contributed by atoms with Crippen LogP contribution in [0.5, 0.6) is 11.5 Å². The van der Waals surface area contributed by atoms with Crippen LogP contribution in [0.1, 0.15) is 36.0 Å². The van der Waals surface area contributed by atoms with Gasteiger partial charge < -0.3 is 19.7 Å². The Labute approximate surface area is 188 Å². The van der Waals surface area contributed by atoms with Crippen LogP contribution in [-0.4, -0.2) is 43.5 Å². The minimum Gasteiger partial charge on any atom is -0.493 e. The van der Waals surface area contributed by atoms with Crippen LogP contribution in [0.15, 0.2) is 36.4 Å². The van der Waals surface area contributed by atoms with Crippen molar-refractivity contribution in [3.05, 3.63) is 58.9 Å². The van der Waals surface area contributed by atoms with E-state index in [0.29, 0.717) is 49.5 Å². The third-order valence-corrected chi connectivity index (χ3v) is 5.81. The molecule has 32 heavy (non-hydrogen) atoms.